The number of hydrogen-bond acceptors (Lipinski definition) is 5. The topological polar surface area (TPSA) is 81.7 Å². The summed E-state index contributed by atoms with van der Waals surface area (Å²) in [5.74, 6) is -1.68. The van der Waals surface area contributed by atoms with Crippen LogP contribution in [-0.4, -0.2) is 31.6 Å². The summed E-state index contributed by atoms with van der Waals surface area (Å²) >= 11 is 11.7. The fourth-order valence-electron chi connectivity index (χ4n) is 1.97. The molecule has 0 atom stereocenters. The highest BCUT2D eigenvalue weighted by Gasteiger charge is 2.09. The van der Waals surface area contributed by atoms with Gasteiger partial charge in [0.2, 0.25) is 0 Å². The molecule has 0 heterocycles. The van der Waals surface area contributed by atoms with Crippen LogP contribution >= 0.6 is 23.2 Å². The molecule has 1 N–H and O–H groups in total. The van der Waals surface area contributed by atoms with Crippen LogP contribution in [0.5, 0.6) is 0 Å². The zero-order valence-electron chi connectivity index (χ0n) is 14.2. The van der Waals surface area contributed by atoms with Crippen molar-refractivity contribution < 1.29 is 23.9 Å². The second kappa shape index (κ2) is 9.75. The Balaban J connectivity index is 1.83. The summed E-state index contributed by atoms with van der Waals surface area (Å²) in [5.41, 5.74) is 1.44. The Morgan fingerprint density at radius 2 is 1.78 bits per heavy atom. The summed E-state index contributed by atoms with van der Waals surface area (Å²) in [7, 11) is 1.29. The second-order valence-electron chi connectivity index (χ2n) is 5.23. The molecule has 0 saturated carbocycles. The smallest absolute Gasteiger partial charge is 0.337 e. The lowest BCUT2D eigenvalue weighted by Gasteiger charge is -2.07. The van der Waals surface area contributed by atoms with E-state index in [1.165, 1.54) is 25.3 Å². The van der Waals surface area contributed by atoms with E-state index >= 15 is 0 Å². The molecule has 0 radical (unpaired) electrons. The van der Waals surface area contributed by atoms with E-state index in [9.17, 15) is 14.4 Å². The molecule has 0 spiro atoms. The first kappa shape index (κ1) is 20.5. The van der Waals surface area contributed by atoms with Crippen molar-refractivity contribution in [2.24, 2.45) is 0 Å². The number of methoxy groups -OCH3 is 1. The molecule has 1 amide bonds. The molecule has 27 heavy (non-hydrogen) atoms. The Hall–Kier alpha value is -2.83. The normalized spacial score (nSPS) is 10.5. The molecule has 140 valence electrons. The van der Waals surface area contributed by atoms with E-state index in [1.807, 2.05) is 0 Å². The Bertz CT molecular complexity index is 878. The van der Waals surface area contributed by atoms with Gasteiger partial charge in [0.25, 0.3) is 5.91 Å². The van der Waals surface area contributed by atoms with E-state index in [2.05, 4.69) is 10.1 Å². The van der Waals surface area contributed by atoms with Crippen LogP contribution in [0.15, 0.2) is 48.5 Å². The zero-order chi connectivity index (χ0) is 19.8. The van der Waals surface area contributed by atoms with Crippen molar-refractivity contribution in [3.05, 3.63) is 69.7 Å². The highest BCUT2D eigenvalue weighted by atomic mass is 35.5. The largest absolute Gasteiger partial charge is 0.465 e. The van der Waals surface area contributed by atoms with Gasteiger partial charge in [0.15, 0.2) is 6.61 Å². The van der Waals surface area contributed by atoms with Crippen LogP contribution in [0.3, 0.4) is 0 Å². The number of benzene rings is 2. The number of esters is 2. The standard InChI is InChI=1S/C19H15Cl2NO5/c1-26-19(25)13-5-2-12(3-6-13)4-9-18(24)27-11-17(23)22-16-8-7-14(20)10-15(16)21/h2-10H,11H2,1H3,(H,22,23)/b9-4+. The first-order valence-electron chi connectivity index (χ1n) is 7.67. The molecular formula is C19H15Cl2NO5. The van der Waals surface area contributed by atoms with Gasteiger partial charge in [0.05, 0.1) is 23.4 Å². The fourth-order valence-corrected chi connectivity index (χ4v) is 2.43. The molecule has 2 rings (SSSR count). The van der Waals surface area contributed by atoms with Gasteiger partial charge in [-0.1, -0.05) is 35.3 Å². The maximum atomic E-state index is 11.8. The molecule has 2 aromatic rings. The highest BCUT2D eigenvalue weighted by molar-refractivity contribution is 6.36. The Morgan fingerprint density at radius 3 is 2.41 bits per heavy atom. The van der Waals surface area contributed by atoms with Crippen LogP contribution in [0.1, 0.15) is 15.9 Å². The number of rotatable bonds is 6. The minimum Gasteiger partial charge on any atom is -0.465 e. The van der Waals surface area contributed by atoms with Gasteiger partial charge in [-0.15, -0.1) is 0 Å². The van der Waals surface area contributed by atoms with Crippen LogP contribution in [0.4, 0.5) is 5.69 Å². The van der Waals surface area contributed by atoms with Crippen LogP contribution in [-0.2, 0) is 19.1 Å². The molecule has 6 nitrogen and oxygen atoms in total. The van der Waals surface area contributed by atoms with Gasteiger partial charge in [0.1, 0.15) is 0 Å². The SMILES string of the molecule is COC(=O)c1ccc(/C=C/C(=O)OCC(=O)Nc2ccc(Cl)cc2Cl)cc1. The van der Waals surface area contributed by atoms with Crippen molar-refractivity contribution >= 4 is 52.8 Å². The molecule has 0 aliphatic carbocycles. The maximum Gasteiger partial charge on any atom is 0.337 e. The maximum absolute atomic E-state index is 11.8. The van der Waals surface area contributed by atoms with Crippen molar-refractivity contribution in [2.75, 3.05) is 19.0 Å². The number of carbonyl (C=O) groups excluding carboxylic acids is 3. The Morgan fingerprint density at radius 1 is 1.07 bits per heavy atom. The summed E-state index contributed by atoms with van der Waals surface area (Å²) in [6.45, 7) is -0.469. The van der Waals surface area contributed by atoms with Gasteiger partial charge in [-0.05, 0) is 42.0 Å². The first-order chi connectivity index (χ1) is 12.9. The summed E-state index contributed by atoms with van der Waals surface area (Å²) in [6, 6.07) is 11.0. The zero-order valence-corrected chi connectivity index (χ0v) is 15.7. The van der Waals surface area contributed by atoms with Crippen molar-refractivity contribution in [3.8, 4) is 0 Å². The molecule has 0 fully saturated rings. The summed E-state index contributed by atoms with van der Waals surface area (Å²) < 4.78 is 9.46. The van der Waals surface area contributed by atoms with Gasteiger partial charge in [0, 0.05) is 11.1 Å². The molecule has 0 aliphatic rings. The molecule has 0 aromatic heterocycles. The lowest BCUT2D eigenvalue weighted by molar-refractivity contribution is -0.142. The number of ether oxygens (including phenoxy) is 2. The lowest BCUT2D eigenvalue weighted by Crippen LogP contribution is -2.20. The number of hydrogen-bond donors (Lipinski definition) is 1. The van der Waals surface area contributed by atoms with Crippen LogP contribution in [0, 0.1) is 0 Å². The van der Waals surface area contributed by atoms with Crippen LogP contribution in [0.2, 0.25) is 10.0 Å². The van der Waals surface area contributed by atoms with Crippen LogP contribution in [0.25, 0.3) is 6.08 Å². The molecule has 8 heteroatoms. The Labute approximate surface area is 165 Å². The molecule has 0 unspecified atom stereocenters. The van der Waals surface area contributed by atoms with E-state index in [4.69, 9.17) is 27.9 Å². The number of halogens is 2. The van der Waals surface area contributed by atoms with Gasteiger partial charge < -0.3 is 14.8 Å². The van der Waals surface area contributed by atoms with Crippen molar-refractivity contribution in [3.63, 3.8) is 0 Å². The number of anilines is 1. The minimum absolute atomic E-state index is 0.275. The third-order valence-corrected chi connectivity index (χ3v) is 3.84. The van der Waals surface area contributed by atoms with E-state index in [-0.39, 0.29) is 5.02 Å². The quantitative estimate of drug-likeness (QED) is 0.578. The summed E-state index contributed by atoms with van der Waals surface area (Å²) in [6.07, 6.45) is 2.67. The second-order valence-corrected chi connectivity index (χ2v) is 6.07. The predicted molar refractivity (Wildman–Crippen MR) is 103 cm³/mol. The molecule has 0 bridgehead atoms. The molecule has 0 saturated heterocycles. The summed E-state index contributed by atoms with van der Waals surface area (Å²) in [5, 5.41) is 3.23. The summed E-state index contributed by atoms with van der Waals surface area (Å²) in [4.78, 5) is 34.9. The van der Waals surface area contributed by atoms with E-state index in [0.29, 0.717) is 21.8 Å². The highest BCUT2D eigenvalue weighted by Crippen LogP contribution is 2.25. The van der Waals surface area contributed by atoms with Crippen molar-refractivity contribution in [2.45, 2.75) is 0 Å². The van der Waals surface area contributed by atoms with Gasteiger partial charge in [-0.2, -0.15) is 0 Å². The van der Waals surface area contributed by atoms with E-state index < -0.39 is 24.5 Å². The van der Waals surface area contributed by atoms with Gasteiger partial charge in [-0.3, -0.25) is 4.79 Å². The minimum atomic E-state index is -0.690. The third-order valence-electron chi connectivity index (χ3n) is 3.29. The van der Waals surface area contributed by atoms with E-state index in [0.717, 1.165) is 0 Å². The molecule has 2 aromatic carbocycles. The van der Waals surface area contributed by atoms with Gasteiger partial charge >= 0.3 is 11.9 Å². The number of amides is 1. The average molecular weight is 408 g/mol. The van der Waals surface area contributed by atoms with Crippen molar-refractivity contribution in [1.29, 1.82) is 0 Å². The monoisotopic (exact) mass is 407 g/mol. The average Bonchev–Trinajstić information content (AvgIpc) is 2.66. The van der Waals surface area contributed by atoms with Gasteiger partial charge in [-0.25, -0.2) is 9.59 Å². The Kier molecular flexibility index (Phi) is 7.40. The molecular weight excluding hydrogens is 393 g/mol. The first-order valence-corrected chi connectivity index (χ1v) is 8.43. The number of nitrogens with one attached hydrogen (secondary N) is 1. The van der Waals surface area contributed by atoms with E-state index in [1.54, 1.807) is 36.4 Å². The fraction of sp³-hybridized carbons (Fsp3) is 0.105. The number of carbonyl (C=O) groups is 3. The molecule has 0 aliphatic heterocycles. The predicted octanol–water partition coefficient (Wildman–Crippen LogP) is 3.98. The lowest BCUT2D eigenvalue weighted by atomic mass is 10.1. The third kappa shape index (κ3) is 6.44. The van der Waals surface area contributed by atoms with Crippen LogP contribution < -0.4 is 5.32 Å². The van der Waals surface area contributed by atoms with Crippen molar-refractivity contribution in [1.82, 2.24) is 0 Å².